The highest BCUT2D eigenvalue weighted by Crippen LogP contribution is 2.44. The third kappa shape index (κ3) is 5.66. The fourth-order valence-corrected chi connectivity index (χ4v) is 5.12. The topological polar surface area (TPSA) is 95.9 Å². The van der Waals surface area contributed by atoms with Crippen molar-refractivity contribution < 1.29 is 24.2 Å². The predicted octanol–water partition coefficient (Wildman–Crippen LogP) is 4.90. The molecule has 1 aliphatic rings. The van der Waals surface area contributed by atoms with Gasteiger partial charge in [0, 0.05) is 25.0 Å². The molecule has 2 amide bonds. The lowest BCUT2D eigenvalue weighted by Crippen LogP contribution is -2.56. The summed E-state index contributed by atoms with van der Waals surface area (Å²) in [5, 5.41) is 11.9. The zero-order chi connectivity index (χ0) is 25.8. The van der Waals surface area contributed by atoms with E-state index >= 15 is 0 Å². The maximum absolute atomic E-state index is 13.3. The molecule has 0 saturated carbocycles. The van der Waals surface area contributed by atoms with Gasteiger partial charge < -0.3 is 20.1 Å². The Kier molecular flexibility index (Phi) is 8.20. The molecule has 0 fully saturated rings. The lowest BCUT2D eigenvalue weighted by Gasteiger charge is -2.39. The molecule has 0 heterocycles. The van der Waals surface area contributed by atoms with Crippen LogP contribution in [0.5, 0.6) is 0 Å². The summed E-state index contributed by atoms with van der Waals surface area (Å²) in [6.07, 6.45) is -0.693. The predicted molar refractivity (Wildman–Crippen MR) is 135 cm³/mol. The van der Waals surface area contributed by atoms with Gasteiger partial charge in [-0.25, -0.2) is 4.79 Å². The van der Waals surface area contributed by atoms with Crippen molar-refractivity contribution in [1.82, 2.24) is 10.2 Å². The number of hydrogen-bond acceptors (Lipinski definition) is 4. The van der Waals surface area contributed by atoms with Gasteiger partial charge in [0.05, 0.1) is 11.8 Å². The van der Waals surface area contributed by atoms with Gasteiger partial charge >= 0.3 is 12.1 Å². The fraction of sp³-hybridized carbons (Fsp3) is 0.464. The molecular weight excluding hydrogens is 444 g/mol. The second kappa shape index (κ2) is 10.9. The van der Waals surface area contributed by atoms with Crippen molar-refractivity contribution >= 4 is 18.0 Å². The summed E-state index contributed by atoms with van der Waals surface area (Å²) in [5.41, 5.74) is 3.63. The lowest BCUT2D eigenvalue weighted by molar-refractivity contribution is -0.144. The average molecular weight is 481 g/mol. The number of benzene rings is 2. The molecule has 1 unspecified atom stereocenters. The van der Waals surface area contributed by atoms with Crippen molar-refractivity contribution in [3.8, 4) is 11.1 Å². The molecule has 7 nitrogen and oxygen atoms in total. The highest BCUT2D eigenvalue weighted by molar-refractivity contribution is 5.84. The molecule has 0 aromatic heterocycles. The van der Waals surface area contributed by atoms with Crippen LogP contribution < -0.4 is 5.32 Å². The Bertz CT molecular complexity index is 1030. The maximum atomic E-state index is 13.3. The number of amides is 2. The number of carboxylic acid groups (broad SMARTS) is 1. The van der Waals surface area contributed by atoms with Crippen LogP contribution in [0.2, 0.25) is 0 Å². The minimum absolute atomic E-state index is 0.0485. The van der Waals surface area contributed by atoms with E-state index in [1.165, 1.54) is 4.90 Å². The number of rotatable bonds is 10. The number of fused-ring (bicyclic) bond motifs is 3. The van der Waals surface area contributed by atoms with Crippen LogP contribution in [0.3, 0.4) is 0 Å². The van der Waals surface area contributed by atoms with Crippen molar-refractivity contribution in [3.05, 3.63) is 59.7 Å². The number of carbonyl (C=O) groups excluding carboxylic acids is 2. The smallest absolute Gasteiger partial charge is 0.407 e. The largest absolute Gasteiger partial charge is 0.481 e. The van der Waals surface area contributed by atoms with Crippen LogP contribution in [0.15, 0.2) is 48.5 Å². The quantitative estimate of drug-likeness (QED) is 0.504. The van der Waals surface area contributed by atoms with Gasteiger partial charge in [0.1, 0.15) is 6.61 Å². The first-order valence-electron chi connectivity index (χ1n) is 12.2. The van der Waals surface area contributed by atoms with Crippen LogP contribution in [-0.2, 0) is 14.3 Å². The van der Waals surface area contributed by atoms with Crippen LogP contribution in [0.1, 0.15) is 58.1 Å². The summed E-state index contributed by atoms with van der Waals surface area (Å²) in [6.45, 7) is 9.99. The third-order valence-corrected chi connectivity index (χ3v) is 6.88. The number of carbonyl (C=O) groups is 3. The molecule has 188 valence electrons. The van der Waals surface area contributed by atoms with Crippen molar-refractivity contribution in [2.45, 2.75) is 53.0 Å². The highest BCUT2D eigenvalue weighted by Gasteiger charge is 2.42. The Labute approximate surface area is 207 Å². The minimum Gasteiger partial charge on any atom is -0.481 e. The van der Waals surface area contributed by atoms with Crippen molar-refractivity contribution in [2.24, 2.45) is 11.3 Å². The van der Waals surface area contributed by atoms with E-state index in [0.29, 0.717) is 6.54 Å². The Balaban J connectivity index is 1.70. The van der Waals surface area contributed by atoms with Crippen LogP contribution >= 0.6 is 0 Å². The standard InChI is InChI=1S/C28H36N2O5/c1-6-30(16-15-24(31)32)26(33)28(4,5)25(18(2)3)29-27(34)35-17-23-21-13-9-7-11-19(21)20-12-8-10-14-22(20)23/h7-14,18,23,25H,6,15-17H2,1-5H3,(H,29,34)(H,31,32). The summed E-state index contributed by atoms with van der Waals surface area (Å²) < 4.78 is 5.71. The van der Waals surface area contributed by atoms with E-state index in [0.717, 1.165) is 22.3 Å². The van der Waals surface area contributed by atoms with Crippen LogP contribution in [0, 0.1) is 11.3 Å². The molecule has 1 aliphatic carbocycles. The molecule has 3 rings (SSSR count). The number of carboxylic acids is 1. The maximum Gasteiger partial charge on any atom is 0.407 e. The molecule has 0 aliphatic heterocycles. The zero-order valence-electron chi connectivity index (χ0n) is 21.2. The molecule has 2 aromatic carbocycles. The third-order valence-electron chi connectivity index (χ3n) is 6.88. The second-order valence-corrected chi connectivity index (χ2v) is 9.94. The van der Waals surface area contributed by atoms with E-state index in [-0.39, 0.29) is 37.3 Å². The number of nitrogens with one attached hydrogen (secondary N) is 1. The van der Waals surface area contributed by atoms with Crippen LogP contribution in [0.4, 0.5) is 4.79 Å². The van der Waals surface area contributed by atoms with E-state index in [9.17, 15) is 14.4 Å². The van der Waals surface area contributed by atoms with Crippen molar-refractivity contribution in [3.63, 3.8) is 0 Å². The number of alkyl carbamates (subject to hydrolysis) is 1. The molecule has 0 saturated heterocycles. The number of hydrogen-bond donors (Lipinski definition) is 2. The van der Waals surface area contributed by atoms with Gasteiger partial charge in [-0.1, -0.05) is 62.4 Å². The van der Waals surface area contributed by atoms with Gasteiger partial charge in [-0.05, 0) is 48.9 Å². The zero-order valence-corrected chi connectivity index (χ0v) is 21.2. The normalized spacial score (nSPS) is 13.7. The molecule has 0 spiro atoms. The minimum atomic E-state index is -0.953. The average Bonchev–Trinajstić information content (AvgIpc) is 3.14. The molecule has 1 atom stereocenters. The first-order valence-corrected chi connectivity index (χ1v) is 12.2. The molecule has 2 aromatic rings. The molecule has 2 N–H and O–H groups in total. The molecule has 35 heavy (non-hydrogen) atoms. The summed E-state index contributed by atoms with van der Waals surface area (Å²) in [7, 11) is 0. The Morgan fingerprint density at radius 2 is 1.57 bits per heavy atom. The summed E-state index contributed by atoms with van der Waals surface area (Å²) in [5.74, 6) is -1.25. The van der Waals surface area contributed by atoms with E-state index in [2.05, 4.69) is 29.6 Å². The number of nitrogens with zero attached hydrogens (tertiary/aromatic N) is 1. The van der Waals surface area contributed by atoms with Gasteiger partial charge in [-0.2, -0.15) is 0 Å². The van der Waals surface area contributed by atoms with E-state index in [1.807, 2.05) is 45.0 Å². The van der Waals surface area contributed by atoms with Crippen molar-refractivity contribution in [1.29, 1.82) is 0 Å². The molecule has 7 heteroatoms. The Morgan fingerprint density at radius 1 is 1.03 bits per heavy atom. The summed E-state index contributed by atoms with van der Waals surface area (Å²) >= 11 is 0. The van der Waals surface area contributed by atoms with E-state index < -0.39 is 23.5 Å². The van der Waals surface area contributed by atoms with Gasteiger partial charge in [0.15, 0.2) is 0 Å². The summed E-state index contributed by atoms with van der Waals surface area (Å²) in [4.78, 5) is 38.8. The monoisotopic (exact) mass is 480 g/mol. The van der Waals surface area contributed by atoms with Crippen LogP contribution in [-0.4, -0.2) is 53.7 Å². The van der Waals surface area contributed by atoms with Gasteiger partial charge in [-0.3, -0.25) is 9.59 Å². The van der Waals surface area contributed by atoms with Gasteiger partial charge in [-0.15, -0.1) is 0 Å². The molecular formula is C28H36N2O5. The van der Waals surface area contributed by atoms with Crippen LogP contribution in [0.25, 0.3) is 11.1 Å². The first-order chi connectivity index (χ1) is 16.6. The molecule has 0 bridgehead atoms. The number of aliphatic carboxylic acids is 1. The van der Waals surface area contributed by atoms with E-state index in [1.54, 1.807) is 13.8 Å². The molecule has 0 radical (unpaired) electrons. The Hall–Kier alpha value is -3.35. The second-order valence-electron chi connectivity index (χ2n) is 9.94. The summed E-state index contributed by atoms with van der Waals surface area (Å²) in [6, 6.07) is 15.8. The van der Waals surface area contributed by atoms with Crippen molar-refractivity contribution in [2.75, 3.05) is 19.7 Å². The Morgan fingerprint density at radius 3 is 2.06 bits per heavy atom. The number of ether oxygens (including phenoxy) is 1. The highest BCUT2D eigenvalue weighted by atomic mass is 16.5. The SMILES string of the molecule is CCN(CCC(=O)O)C(=O)C(C)(C)C(NC(=O)OCC1c2ccccc2-c2ccccc21)C(C)C. The first kappa shape index (κ1) is 26.3. The van der Waals surface area contributed by atoms with E-state index in [4.69, 9.17) is 9.84 Å². The van der Waals surface area contributed by atoms with Gasteiger partial charge in [0.25, 0.3) is 0 Å². The van der Waals surface area contributed by atoms with Gasteiger partial charge in [0.2, 0.25) is 5.91 Å². The fourth-order valence-electron chi connectivity index (χ4n) is 5.12. The lowest BCUT2D eigenvalue weighted by atomic mass is 9.77.